The Morgan fingerprint density at radius 1 is 1.26 bits per heavy atom. The summed E-state index contributed by atoms with van der Waals surface area (Å²) in [6, 6.07) is 1.78. The summed E-state index contributed by atoms with van der Waals surface area (Å²) in [5, 5.41) is 3.52. The second kappa shape index (κ2) is 5.63. The van der Waals surface area contributed by atoms with Crippen LogP contribution in [0.4, 0.5) is 0 Å². The van der Waals surface area contributed by atoms with Crippen LogP contribution < -0.4 is 5.63 Å². The van der Waals surface area contributed by atoms with Crippen LogP contribution in [0.1, 0.15) is 11.1 Å². The zero-order chi connectivity index (χ0) is 13.1. The third kappa shape index (κ3) is 2.59. The lowest BCUT2D eigenvalue weighted by Crippen LogP contribution is -2.19. The molecule has 0 saturated heterocycles. The fourth-order valence-corrected chi connectivity index (χ4v) is 3.31. The number of hydrogen-bond acceptors (Lipinski definition) is 6. The van der Waals surface area contributed by atoms with Gasteiger partial charge < -0.3 is 4.42 Å². The van der Waals surface area contributed by atoms with Gasteiger partial charge in [-0.25, -0.2) is 9.79 Å². The Labute approximate surface area is 118 Å². The summed E-state index contributed by atoms with van der Waals surface area (Å²) < 4.78 is 4.99. The van der Waals surface area contributed by atoms with Crippen molar-refractivity contribution in [1.82, 2.24) is 0 Å². The van der Waals surface area contributed by atoms with Crippen molar-refractivity contribution in [2.45, 2.75) is 0 Å². The van der Waals surface area contributed by atoms with Gasteiger partial charge in [-0.15, -0.1) is 11.8 Å². The van der Waals surface area contributed by atoms with Gasteiger partial charge in [-0.1, -0.05) is 23.9 Å². The van der Waals surface area contributed by atoms with E-state index in [1.165, 1.54) is 29.8 Å². The highest BCUT2D eigenvalue weighted by Crippen LogP contribution is 2.24. The summed E-state index contributed by atoms with van der Waals surface area (Å²) >= 11 is 3.04. The lowest BCUT2D eigenvalue weighted by atomic mass is 10.1. The molecule has 3 heterocycles. The third-order valence-corrected chi connectivity index (χ3v) is 4.40. The predicted molar refractivity (Wildman–Crippen MR) is 81.2 cm³/mol. The van der Waals surface area contributed by atoms with Crippen molar-refractivity contribution in [3.63, 3.8) is 0 Å². The summed E-state index contributed by atoms with van der Waals surface area (Å²) in [5.41, 5.74) is 0.947. The average Bonchev–Trinajstić information content (AvgIpc) is 2.49. The van der Waals surface area contributed by atoms with Crippen LogP contribution in [0.3, 0.4) is 0 Å². The van der Waals surface area contributed by atoms with Crippen molar-refractivity contribution in [2.24, 2.45) is 9.98 Å². The minimum Gasteiger partial charge on any atom is -0.431 e. The lowest BCUT2D eigenvalue weighted by Gasteiger charge is -2.12. The van der Waals surface area contributed by atoms with E-state index in [1.807, 2.05) is 17.6 Å². The van der Waals surface area contributed by atoms with Crippen molar-refractivity contribution >= 4 is 33.6 Å². The molecule has 0 N–H and O–H groups in total. The topological polar surface area (TPSA) is 54.9 Å². The molecule has 19 heavy (non-hydrogen) atoms. The van der Waals surface area contributed by atoms with Gasteiger partial charge in [0.15, 0.2) is 0 Å². The quantitative estimate of drug-likeness (QED) is 0.840. The molecule has 1 aromatic rings. The van der Waals surface area contributed by atoms with E-state index < -0.39 is 0 Å². The highest BCUT2D eigenvalue weighted by Gasteiger charge is 2.20. The molecule has 0 atom stereocenters. The van der Waals surface area contributed by atoms with E-state index in [1.54, 1.807) is 12.3 Å². The molecule has 4 nitrogen and oxygen atoms in total. The molecule has 2 aliphatic heterocycles. The molecule has 2 aliphatic rings. The molecule has 0 amide bonds. The second-order valence-corrected chi connectivity index (χ2v) is 5.67. The Bertz CT molecular complexity index is 671. The minimum atomic E-state index is -0.364. The zero-order valence-electron chi connectivity index (χ0n) is 9.91. The Morgan fingerprint density at radius 2 is 2.21 bits per heavy atom. The van der Waals surface area contributed by atoms with E-state index in [0.717, 1.165) is 16.4 Å². The first kappa shape index (κ1) is 12.5. The molecule has 96 valence electrons. The van der Waals surface area contributed by atoms with Gasteiger partial charge in [-0.05, 0) is 11.5 Å². The maximum atomic E-state index is 12.0. The first-order chi connectivity index (χ1) is 9.36. The van der Waals surface area contributed by atoms with Crippen LogP contribution in [0.25, 0.3) is 0 Å². The summed E-state index contributed by atoms with van der Waals surface area (Å²) in [5.74, 6) is 0.812. The van der Waals surface area contributed by atoms with Gasteiger partial charge in [0, 0.05) is 17.5 Å². The first-order valence-corrected chi connectivity index (χ1v) is 7.57. The number of thioether (sulfide) groups is 2. The van der Waals surface area contributed by atoms with E-state index in [-0.39, 0.29) is 5.63 Å². The lowest BCUT2D eigenvalue weighted by molar-refractivity contribution is 0.509. The van der Waals surface area contributed by atoms with Crippen molar-refractivity contribution in [3.05, 3.63) is 57.6 Å². The van der Waals surface area contributed by atoms with Crippen molar-refractivity contribution < 1.29 is 4.42 Å². The molecular weight excluding hydrogens is 280 g/mol. The summed E-state index contributed by atoms with van der Waals surface area (Å²) in [6.07, 6.45) is 7.06. The number of hydrogen-bond donors (Lipinski definition) is 0. The SMILES string of the molecule is O=c1occc(C2=NCC=CS2)c1C1=NC=CCS1. The molecule has 0 bridgehead atoms. The summed E-state index contributed by atoms with van der Waals surface area (Å²) in [6.45, 7) is 0.640. The molecule has 0 radical (unpaired) electrons. The first-order valence-electron chi connectivity index (χ1n) is 5.70. The number of rotatable bonds is 2. The van der Waals surface area contributed by atoms with Crippen LogP contribution >= 0.6 is 23.5 Å². The fourth-order valence-electron chi connectivity index (χ4n) is 1.74. The van der Waals surface area contributed by atoms with Gasteiger partial charge in [-0.2, -0.15) is 0 Å². The third-order valence-electron chi connectivity index (χ3n) is 2.56. The molecule has 0 unspecified atom stereocenters. The molecule has 3 rings (SSSR count). The second-order valence-electron chi connectivity index (χ2n) is 3.76. The normalized spacial score (nSPS) is 18.1. The molecule has 0 aliphatic carbocycles. The maximum Gasteiger partial charge on any atom is 0.346 e. The molecule has 0 fully saturated rings. The molecule has 0 saturated carbocycles. The van der Waals surface area contributed by atoms with Gasteiger partial charge in [0.25, 0.3) is 0 Å². The van der Waals surface area contributed by atoms with Crippen LogP contribution in [-0.4, -0.2) is 22.4 Å². The van der Waals surface area contributed by atoms with Crippen LogP contribution in [0.2, 0.25) is 0 Å². The highest BCUT2D eigenvalue weighted by molar-refractivity contribution is 8.17. The fraction of sp³-hybridized carbons (Fsp3) is 0.154. The molecule has 1 aromatic heterocycles. The van der Waals surface area contributed by atoms with E-state index in [0.29, 0.717) is 17.2 Å². The van der Waals surface area contributed by atoms with Crippen molar-refractivity contribution in [1.29, 1.82) is 0 Å². The maximum absolute atomic E-state index is 12.0. The predicted octanol–water partition coefficient (Wildman–Crippen LogP) is 2.65. The van der Waals surface area contributed by atoms with Crippen molar-refractivity contribution in [2.75, 3.05) is 12.3 Å². The van der Waals surface area contributed by atoms with Crippen LogP contribution in [0.5, 0.6) is 0 Å². The molecule has 0 aromatic carbocycles. The van der Waals surface area contributed by atoms with Crippen LogP contribution in [0.15, 0.2) is 55.3 Å². The van der Waals surface area contributed by atoms with Crippen LogP contribution in [0, 0.1) is 0 Å². The number of aliphatic imine (C=N–C) groups is 2. The van der Waals surface area contributed by atoms with Gasteiger partial charge in [0.2, 0.25) is 0 Å². The van der Waals surface area contributed by atoms with Crippen molar-refractivity contribution in [3.8, 4) is 0 Å². The van der Waals surface area contributed by atoms with Gasteiger partial charge in [0.1, 0.15) is 15.7 Å². The van der Waals surface area contributed by atoms with Gasteiger partial charge >= 0.3 is 5.63 Å². The molecular formula is C13H10N2O2S2. The molecule has 6 heteroatoms. The summed E-state index contributed by atoms with van der Waals surface area (Å²) in [7, 11) is 0. The van der Waals surface area contributed by atoms with Crippen LogP contribution in [-0.2, 0) is 0 Å². The zero-order valence-corrected chi connectivity index (χ0v) is 11.5. The van der Waals surface area contributed by atoms with E-state index in [4.69, 9.17) is 4.42 Å². The summed E-state index contributed by atoms with van der Waals surface area (Å²) in [4.78, 5) is 20.7. The smallest absolute Gasteiger partial charge is 0.346 e. The monoisotopic (exact) mass is 290 g/mol. The standard InChI is InChI=1S/C13H10N2O2S2/c16-13-10(12-15-5-2-8-19-12)9(3-6-17-13)11-14-4-1-7-18-11/h1-3,5-7H,4,8H2. The number of nitrogens with zero attached hydrogens (tertiary/aromatic N) is 2. The minimum absolute atomic E-state index is 0.364. The Balaban J connectivity index is 2.12. The van der Waals surface area contributed by atoms with Gasteiger partial charge in [0.05, 0.1) is 12.8 Å². The highest BCUT2D eigenvalue weighted by atomic mass is 32.2. The van der Waals surface area contributed by atoms with E-state index >= 15 is 0 Å². The van der Waals surface area contributed by atoms with E-state index in [2.05, 4.69) is 9.98 Å². The average molecular weight is 290 g/mol. The Morgan fingerprint density at radius 3 is 2.95 bits per heavy atom. The van der Waals surface area contributed by atoms with Gasteiger partial charge in [-0.3, -0.25) is 4.99 Å². The van der Waals surface area contributed by atoms with E-state index in [9.17, 15) is 4.79 Å². The largest absolute Gasteiger partial charge is 0.431 e. The Hall–Kier alpha value is -1.53. The Kier molecular flexibility index (Phi) is 3.70. The molecule has 0 spiro atoms.